The van der Waals surface area contributed by atoms with E-state index in [4.69, 9.17) is 4.74 Å². The first-order valence-corrected chi connectivity index (χ1v) is 7.71. The van der Waals surface area contributed by atoms with Gasteiger partial charge in [0.15, 0.2) is 0 Å². The molecule has 0 atom stereocenters. The predicted octanol–water partition coefficient (Wildman–Crippen LogP) is 3.46. The van der Waals surface area contributed by atoms with Crippen molar-refractivity contribution in [1.82, 2.24) is 9.88 Å². The molecule has 1 aromatic heterocycles. The highest BCUT2D eigenvalue weighted by molar-refractivity contribution is 5.89. The van der Waals surface area contributed by atoms with Crippen LogP contribution in [0.2, 0.25) is 0 Å². The molecule has 5 heteroatoms. The van der Waals surface area contributed by atoms with Gasteiger partial charge in [-0.05, 0) is 30.5 Å². The first kappa shape index (κ1) is 17.0. The molecule has 2 rings (SSSR count). The number of anilines is 1. The second-order valence-electron chi connectivity index (χ2n) is 5.43. The summed E-state index contributed by atoms with van der Waals surface area (Å²) in [6, 6.07) is 11.7. The fourth-order valence-corrected chi connectivity index (χ4v) is 2.09. The van der Waals surface area contributed by atoms with E-state index < -0.39 is 0 Å². The van der Waals surface area contributed by atoms with E-state index in [9.17, 15) is 4.79 Å². The molecule has 0 fully saturated rings. The summed E-state index contributed by atoms with van der Waals surface area (Å²) in [5.74, 6) is 0. The van der Waals surface area contributed by atoms with Gasteiger partial charge in [-0.15, -0.1) is 0 Å². The van der Waals surface area contributed by atoms with Gasteiger partial charge >= 0.3 is 6.03 Å². The Labute approximate surface area is 137 Å². The number of benzene rings is 1. The molecule has 2 aromatic rings. The Bertz CT molecular complexity index is 617. The number of nitrogens with one attached hydrogen (secondary N) is 1. The van der Waals surface area contributed by atoms with Gasteiger partial charge in [0.25, 0.3) is 0 Å². The number of amides is 2. The number of urea groups is 1. The molecule has 0 saturated heterocycles. The number of hydrogen-bond acceptors (Lipinski definition) is 3. The molecule has 0 radical (unpaired) electrons. The third kappa shape index (κ3) is 5.71. The summed E-state index contributed by atoms with van der Waals surface area (Å²) in [5.41, 5.74) is 2.89. The molecule has 0 spiro atoms. The molecule has 23 heavy (non-hydrogen) atoms. The van der Waals surface area contributed by atoms with Crippen molar-refractivity contribution in [3.05, 3.63) is 59.9 Å². The van der Waals surface area contributed by atoms with Crippen molar-refractivity contribution in [3.8, 4) is 0 Å². The van der Waals surface area contributed by atoms with Crippen LogP contribution >= 0.6 is 0 Å². The highest BCUT2D eigenvalue weighted by Crippen LogP contribution is 2.12. The molecule has 5 nitrogen and oxygen atoms in total. The zero-order chi connectivity index (χ0) is 16.5. The number of pyridine rings is 1. The van der Waals surface area contributed by atoms with Gasteiger partial charge in [-0.25, -0.2) is 4.79 Å². The quantitative estimate of drug-likeness (QED) is 0.796. The summed E-state index contributed by atoms with van der Waals surface area (Å²) in [7, 11) is 1.78. The molecule has 0 aliphatic carbocycles. The number of hydrogen-bond donors (Lipinski definition) is 1. The van der Waals surface area contributed by atoms with Gasteiger partial charge in [-0.2, -0.15) is 0 Å². The van der Waals surface area contributed by atoms with Crippen molar-refractivity contribution in [2.24, 2.45) is 0 Å². The fourth-order valence-electron chi connectivity index (χ4n) is 2.09. The van der Waals surface area contributed by atoms with Crippen LogP contribution in [0, 0.1) is 6.92 Å². The first-order valence-electron chi connectivity index (χ1n) is 7.71. The molecule has 0 bridgehead atoms. The van der Waals surface area contributed by atoms with Crippen LogP contribution in [-0.2, 0) is 11.3 Å². The molecular formula is C18H23N3O2. The molecular weight excluding hydrogens is 290 g/mol. The van der Waals surface area contributed by atoms with Crippen LogP contribution in [0.3, 0.4) is 0 Å². The molecule has 0 unspecified atom stereocenters. The van der Waals surface area contributed by atoms with E-state index in [1.165, 1.54) is 0 Å². The minimum Gasteiger partial charge on any atom is -0.377 e. The zero-order valence-electron chi connectivity index (χ0n) is 13.7. The lowest BCUT2D eigenvalue weighted by Crippen LogP contribution is -2.32. The fraction of sp³-hybridized carbons (Fsp3) is 0.333. The summed E-state index contributed by atoms with van der Waals surface area (Å²) < 4.78 is 5.62. The van der Waals surface area contributed by atoms with E-state index in [0.717, 1.165) is 23.2 Å². The van der Waals surface area contributed by atoms with Crippen molar-refractivity contribution in [2.45, 2.75) is 20.0 Å². The van der Waals surface area contributed by atoms with E-state index >= 15 is 0 Å². The Balaban J connectivity index is 1.65. The van der Waals surface area contributed by atoms with Gasteiger partial charge < -0.3 is 15.0 Å². The van der Waals surface area contributed by atoms with Crippen LogP contribution in [-0.4, -0.2) is 36.1 Å². The molecule has 1 heterocycles. The minimum atomic E-state index is -0.123. The monoisotopic (exact) mass is 313 g/mol. The summed E-state index contributed by atoms with van der Waals surface area (Å²) in [6.45, 7) is 3.79. The summed E-state index contributed by atoms with van der Waals surface area (Å²) in [4.78, 5) is 17.8. The maximum atomic E-state index is 12.1. The minimum absolute atomic E-state index is 0.123. The first-order chi connectivity index (χ1) is 11.2. The van der Waals surface area contributed by atoms with Crippen molar-refractivity contribution in [1.29, 1.82) is 0 Å². The number of nitrogens with zero attached hydrogens (tertiary/aromatic N) is 2. The molecule has 122 valence electrons. The topological polar surface area (TPSA) is 54.5 Å². The maximum absolute atomic E-state index is 12.1. The van der Waals surface area contributed by atoms with Crippen LogP contribution in [0.1, 0.15) is 17.5 Å². The summed E-state index contributed by atoms with van der Waals surface area (Å²) in [5, 5.41) is 2.88. The number of rotatable bonds is 7. The number of carbonyl (C=O) groups is 1. The lowest BCUT2D eigenvalue weighted by Gasteiger charge is -2.18. The molecule has 0 aliphatic rings. The number of aromatic nitrogens is 1. The van der Waals surface area contributed by atoms with Gasteiger partial charge in [0.2, 0.25) is 0 Å². The van der Waals surface area contributed by atoms with Crippen LogP contribution < -0.4 is 5.32 Å². The Morgan fingerprint density at radius 2 is 2.04 bits per heavy atom. The second kappa shape index (κ2) is 8.90. The third-order valence-electron chi connectivity index (χ3n) is 3.50. The van der Waals surface area contributed by atoms with Gasteiger partial charge in [-0.3, -0.25) is 4.98 Å². The highest BCUT2D eigenvalue weighted by atomic mass is 16.5. The maximum Gasteiger partial charge on any atom is 0.321 e. The Kier molecular flexibility index (Phi) is 6.56. The number of aryl methyl sites for hydroxylation is 1. The van der Waals surface area contributed by atoms with E-state index in [1.54, 1.807) is 30.4 Å². The summed E-state index contributed by atoms with van der Waals surface area (Å²) in [6.07, 6.45) is 4.19. The normalized spacial score (nSPS) is 10.3. The number of carbonyl (C=O) groups excluding carboxylic acids is 1. The Morgan fingerprint density at radius 3 is 2.78 bits per heavy atom. The Hall–Kier alpha value is -2.40. The average molecular weight is 313 g/mol. The van der Waals surface area contributed by atoms with E-state index in [2.05, 4.69) is 10.3 Å². The molecule has 0 saturated carbocycles. The van der Waals surface area contributed by atoms with Crippen LogP contribution in [0.5, 0.6) is 0 Å². The van der Waals surface area contributed by atoms with Gasteiger partial charge in [0.1, 0.15) is 0 Å². The van der Waals surface area contributed by atoms with Crippen LogP contribution in [0.15, 0.2) is 48.8 Å². The molecule has 0 aliphatic heterocycles. The molecule has 1 N–H and O–H groups in total. The van der Waals surface area contributed by atoms with Gasteiger partial charge in [0.05, 0.1) is 6.61 Å². The van der Waals surface area contributed by atoms with Gasteiger partial charge in [-0.1, -0.05) is 30.3 Å². The predicted molar refractivity (Wildman–Crippen MR) is 91.3 cm³/mol. The number of ether oxygens (including phenoxy) is 1. The average Bonchev–Trinajstić information content (AvgIpc) is 2.57. The van der Waals surface area contributed by atoms with Crippen LogP contribution in [0.25, 0.3) is 0 Å². The van der Waals surface area contributed by atoms with E-state index in [1.807, 2.05) is 37.3 Å². The standard InChI is InChI=1S/C18H23N3O2/c1-15-13-19-10-9-17(15)20-18(22)21(2)11-6-12-23-14-16-7-4-3-5-8-16/h3-5,7-10,13H,6,11-12,14H2,1-2H3,(H,19,20,22). The summed E-state index contributed by atoms with van der Waals surface area (Å²) >= 11 is 0. The van der Waals surface area contributed by atoms with Crippen molar-refractivity contribution in [2.75, 3.05) is 25.5 Å². The smallest absolute Gasteiger partial charge is 0.321 e. The van der Waals surface area contributed by atoms with E-state index in [-0.39, 0.29) is 6.03 Å². The third-order valence-corrected chi connectivity index (χ3v) is 3.50. The molecule has 2 amide bonds. The SMILES string of the molecule is Cc1cnccc1NC(=O)N(C)CCCOCc1ccccc1. The van der Waals surface area contributed by atoms with Gasteiger partial charge in [0, 0.05) is 38.3 Å². The lowest BCUT2D eigenvalue weighted by atomic mass is 10.2. The largest absolute Gasteiger partial charge is 0.377 e. The lowest BCUT2D eigenvalue weighted by molar-refractivity contribution is 0.113. The van der Waals surface area contributed by atoms with Crippen molar-refractivity contribution in [3.63, 3.8) is 0 Å². The Morgan fingerprint density at radius 1 is 1.26 bits per heavy atom. The highest BCUT2D eigenvalue weighted by Gasteiger charge is 2.09. The van der Waals surface area contributed by atoms with Crippen molar-refractivity contribution >= 4 is 11.7 Å². The van der Waals surface area contributed by atoms with Crippen molar-refractivity contribution < 1.29 is 9.53 Å². The van der Waals surface area contributed by atoms with E-state index in [0.29, 0.717) is 19.8 Å². The zero-order valence-corrected chi connectivity index (χ0v) is 13.7. The van der Waals surface area contributed by atoms with Crippen LogP contribution in [0.4, 0.5) is 10.5 Å². The molecule has 1 aromatic carbocycles. The second-order valence-corrected chi connectivity index (χ2v) is 5.43.